The number of ether oxygens (including phenoxy) is 2. The molecule has 28 heavy (non-hydrogen) atoms. The Labute approximate surface area is 168 Å². The summed E-state index contributed by atoms with van der Waals surface area (Å²) < 4.78 is 10.8. The van der Waals surface area contributed by atoms with Crippen molar-refractivity contribution in [2.24, 2.45) is 5.92 Å². The van der Waals surface area contributed by atoms with E-state index in [0.29, 0.717) is 22.9 Å². The molecule has 7 nitrogen and oxygen atoms in total. The van der Waals surface area contributed by atoms with Gasteiger partial charge < -0.3 is 19.7 Å². The smallest absolute Gasteiger partial charge is 0.240 e. The highest BCUT2D eigenvalue weighted by molar-refractivity contribution is 8.14. The number of carbonyl (C=O) groups is 3. The lowest BCUT2D eigenvalue weighted by molar-refractivity contribution is -0.126. The number of benzene rings is 1. The molecule has 4 rings (SSSR count). The van der Waals surface area contributed by atoms with E-state index in [-0.39, 0.29) is 42.7 Å². The molecule has 1 saturated carbocycles. The fraction of sp³-hybridized carbons (Fsp3) is 0.550. The van der Waals surface area contributed by atoms with Crippen molar-refractivity contribution in [2.45, 2.75) is 44.6 Å². The lowest BCUT2D eigenvalue weighted by Gasteiger charge is -2.27. The summed E-state index contributed by atoms with van der Waals surface area (Å²) in [5.41, 5.74) is 0.581. The van der Waals surface area contributed by atoms with Gasteiger partial charge >= 0.3 is 0 Å². The summed E-state index contributed by atoms with van der Waals surface area (Å²) in [6, 6.07) is 5.39. The molecule has 1 N–H and O–H groups in total. The van der Waals surface area contributed by atoms with Gasteiger partial charge in [-0.05, 0) is 25.0 Å². The molecule has 0 aromatic heterocycles. The molecule has 1 saturated heterocycles. The van der Waals surface area contributed by atoms with Gasteiger partial charge in [0.2, 0.25) is 18.6 Å². The molecule has 0 bridgehead atoms. The van der Waals surface area contributed by atoms with Crippen LogP contribution in [0.4, 0.5) is 5.69 Å². The van der Waals surface area contributed by atoms with E-state index < -0.39 is 5.92 Å². The molecule has 8 heteroatoms. The average molecular weight is 404 g/mol. The molecule has 3 aliphatic rings. The minimum Gasteiger partial charge on any atom is -0.454 e. The normalized spacial score (nSPS) is 21.6. The first-order valence-corrected chi connectivity index (χ1v) is 10.7. The number of hydrogen-bond donors (Lipinski definition) is 1. The third kappa shape index (κ3) is 4.27. The van der Waals surface area contributed by atoms with Gasteiger partial charge in [-0.25, -0.2) is 0 Å². The second-order valence-electron chi connectivity index (χ2n) is 7.45. The van der Waals surface area contributed by atoms with E-state index in [1.54, 1.807) is 18.2 Å². The predicted molar refractivity (Wildman–Crippen MR) is 106 cm³/mol. The third-order valence-corrected chi connectivity index (χ3v) is 6.47. The molecule has 1 atom stereocenters. The van der Waals surface area contributed by atoms with E-state index in [9.17, 15) is 14.4 Å². The highest BCUT2D eigenvalue weighted by atomic mass is 32.2. The summed E-state index contributed by atoms with van der Waals surface area (Å²) in [4.78, 5) is 38.9. The Morgan fingerprint density at radius 3 is 2.68 bits per heavy atom. The van der Waals surface area contributed by atoms with E-state index in [1.807, 2.05) is 0 Å². The zero-order chi connectivity index (χ0) is 19.5. The van der Waals surface area contributed by atoms with Crippen molar-refractivity contribution in [3.8, 4) is 11.5 Å². The number of amides is 2. The van der Waals surface area contributed by atoms with Crippen LogP contribution in [0.15, 0.2) is 18.2 Å². The standard InChI is InChI=1S/C20H24N2O5S/c23-18(21-14-4-2-1-3-5-14)10-22(20(25)13-8-19(24)28-11-13)15-6-7-16-17(9-15)27-12-26-16/h6-7,9,13-14H,1-5,8,10-12H2,(H,21,23). The van der Waals surface area contributed by atoms with Crippen molar-refractivity contribution in [1.82, 2.24) is 5.32 Å². The summed E-state index contributed by atoms with van der Waals surface area (Å²) in [5, 5.41) is 3.09. The molecular weight excluding hydrogens is 380 g/mol. The topological polar surface area (TPSA) is 84.9 Å². The first-order chi connectivity index (χ1) is 13.6. The second-order valence-corrected chi connectivity index (χ2v) is 8.53. The van der Waals surface area contributed by atoms with Gasteiger partial charge in [0.15, 0.2) is 16.6 Å². The molecule has 1 aromatic rings. The van der Waals surface area contributed by atoms with E-state index in [1.165, 1.54) is 23.1 Å². The van der Waals surface area contributed by atoms with Crippen LogP contribution in [0.1, 0.15) is 38.5 Å². The number of anilines is 1. The van der Waals surface area contributed by atoms with Gasteiger partial charge in [-0.3, -0.25) is 14.4 Å². The quantitative estimate of drug-likeness (QED) is 0.812. The van der Waals surface area contributed by atoms with E-state index in [2.05, 4.69) is 5.32 Å². The molecule has 1 unspecified atom stereocenters. The lowest BCUT2D eigenvalue weighted by atomic mass is 9.95. The summed E-state index contributed by atoms with van der Waals surface area (Å²) in [7, 11) is 0. The van der Waals surface area contributed by atoms with E-state index >= 15 is 0 Å². The molecule has 1 aromatic carbocycles. The van der Waals surface area contributed by atoms with Gasteiger partial charge in [0.1, 0.15) is 6.54 Å². The van der Waals surface area contributed by atoms with Crippen LogP contribution in [0.25, 0.3) is 0 Å². The lowest BCUT2D eigenvalue weighted by Crippen LogP contribution is -2.46. The first kappa shape index (κ1) is 19.1. The second kappa shape index (κ2) is 8.43. The maximum Gasteiger partial charge on any atom is 0.240 e. The summed E-state index contributed by atoms with van der Waals surface area (Å²) >= 11 is 1.18. The van der Waals surface area contributed by atoms with Crippen molar-refractivity contribution in [1.29, 1.82) is 0 Å². The van der Waals surface area contributed by atoms with Crippen LogP contribution in [-0.4, -0.2) is 42.1 Å². The van der Waals surface area contributed by atoms with Crippen LogP contribution in [0.3, 0.4) is 0 Å². The van der Waals surface area contributed by atoms with Gasteiger partial charge in [-0.2, -0.15) is 0 Å². The number of rotatable bonds is 5. The fourth-order valence-corrected chi connectivity index (χ4v) is 4.87. The molecule has 2 aliphatic heterocycles. The van der Waals surface area contributed by atoms with Crippen molar-refractivity contribution in [2.75, 3.05) is 24.0 Å². The van der Waals surface area contributed by atoms with Gasteiger partial charge in [0.25, 0.3) is 0 Å². The van der Waals surface area contributed by atoms with Gasteiger partial charge in [0, 0.05) is 30.0 Å². The summed E-state index contributed by atoms with van der Waals surface area (Å²) in [5.74, 6) is 0.869. The summed E-state index contributed by atoms with van der Waals surface area (Å²) in [6.07, 6.45) is 5.64. The number of nitrogens with zero attached hydrogens (tertiary/aromatic N) is 1. The zero-order valence-corrected chi connectivity index (χ0v) is 16.5. The van der Waals surface area contributed by atoms with Crippen LogP contribution in [0, 0.1) is 5.92 Å². The molecule has 1 aliphatic carbocycles. The number of nitrogens with one attached hydrogen (secondary N) is 1. The van der Waals surface area contributed by atoms with Crippen LogP contribution < -0.4 is 19.7 Å². The highest BCUT2D eigenvalue weighted by Gasteiger charge is 2.34. The summed E-state index contributed by atoms with van der Waals surface area (Å²) in [6.45, 7) is 0.0764. The Bertz CT molecular complexity index is 778. The minimum atomic E-state index is -0.398. The Morgan fingerprint density at radius 1 is 1.14 bits per heavy atom. The van der Waals surface area contributed by atoms with Crippen LogP contribution in [0.5, 0.6) is 11.5 Å². The van der Waals surface area contributed by atoms with E-state index in [0.717, 1.165) is 25.7 Å². The highest BCUT2D eigenvalue weighted by Crippen LogP contribution is 2.36. The Kier molecular flexibility index (Phi) is 5.75. The van der Waals surface area contributed by atoms with E-state index in [4.69, 9.17) is 9.47 Å². The SMILES string of the molecule is O=C(CN(C(=O)C1CSC(=O)C1)c1ccc2c(c1)OCO2)NC1CCCCC1. The van der Waals surface area contributed by atoms with Crippen LogP contribution >= 0.6 is 11.8 Å². The molecule has 2 fully saturated rings. The molecule has 150 valence electrons. The molecule has 0 radical (unpaired) electrons. The molecular formula is C20H24N2O5S. The Balaban J connectivity index is 1.51. The predicted octanol–water partition coefficient (Wildman–Crippen LogP) is 2.48. The number of hydrogen-bond acceptors (Lipinski definition) is 6. The third-order valence-electron chi connectivity index (χ3n) is 5.41. The number of carbonyl (C=O) groups excluding carboxylic acids is 3. The maximum absolute atomic E-state index is 13.1. The molecule has 0 spiro atoms. The van der Waals surface area contributed by atoms with Gasteiger partial charge in [-0.15, -0.1) is 0 Å². The number of fused-ring (bicyclic) bond motifs is 1. The van der Waals surface area contributed by atoms with Crippen molar-refractivity contribution < 1.29 is 23.9 Å². The minimum absolute atomic E-state index is 0.0237. The average Bonchev–Trinajstić information content (AvgIpc) is 3.34. The maximum atomic E-state index is 13.1. The zero-order valence-electron chi connectivity index (χ0n) is 15.6. The Hall–Kier alpha value is -2.22. The molecule has 2 heterocycles. The number of thioether (sulfide) groups is 1. The fourth-order valence-electron chi connectivity index (χ4n) is 3.90. The van der Waals surface area contributed by atoms with Gasteiger partial charge in [0.05, 0.1) is 5.92 Å². The first-order valence-electron chi connectivity index (χ1n) is 9.76. The van der Waals surface area contributed by atoms with Gasteiger partial charge in [-0.1, -0.05) is 31.0 Å². The van der Waals surface area contributed by atoms with Crippen LogP contribution in [-0.2, 0) is 14.4 Å². The monoisotopic (exact) mass is 404 g/mol. The largest absolute Gasteiger partial charge is 0.454 e. The van der Waals surface area contributed by atoms with Crippen molar-refractivity contribution >= 4 is 34.4 Å². The van der Waals surface area contributed by atoms with Crippen LogP contribution in [0.2, 0.25) is 0 Å². The van der Waals surface area contributed by atoms with Crippen molar-refractivity contribution in [3.63, 3.8) is 0 Å². The van der Waals surface area contributed by atoms with Crippen molar-refractivity contribution in [3.05, 3.63) is 18.2 Å². The molecule has 2 amide bonds. The Morgan fingerprint density at radius 2 is 1.93 bits per heavy atom.